The van der Waals surface area contributed by atoms with E-state index in [0.29, 0.717) is 0 Å². The minimum absolute atomic E-state index is 1.03. The van der Waals surface area contributed by atoms with Crippen molar-refractivity contribution < 1.29 is 0 Å². The molecule has 0 unspecified atom stereocenters. The van der Waals surface area contributed by atoms with Crippen LogP contribution < -0.4 is 0 Å². The van der Waals surface area contributed by atoms with Gasteiger partial charge in [0.2, 0.25) is 0 Å². The lowest BCUT2D eigenvalue weighted by molar-refractivity contribution is 0.787. The van der Waals surface area contributed by atoms with Gasteiger partial charge in [0, 0.05) is 5.75 Å². The molecule has 0 fully saturated rings. The number of thioether (sulfide) groups is 1. The van der Waals surface area contributed by atoms with Crippen LogP contribution in [0.3, 0.4) is 0 Å². The third-order valence-electron chi connectivity index (χ3n) is 2.47. The van der Waals surface area contributed by atoms with Crippen molar-refractivity contribution in [2.24, 2.45) is 0 Å². The number of hydrogen-bond donors (Lipinski definition) is 1. The number of thiol groups is 1. The van der Waals surface area contributed by atoms with Crippen LogP contribution in [0, 0.1) is 6.92 Å². The lowest BCUT2D eigenvalue weighted by Crippen LogP contribution is -1.88. The van der Waals surface area contributed by atoms with E-state index in [-0.39, 0.29) is 0 Å². The second-order valence-corrected chi connectivity index (χ2v) is 5.32. The second-order valence-electron chi connectivity index (χ2n) is 3.76. The highest BCUT2D eigenvalue weighted by Gasteiger charge is 1.96. The summed E-state index contributed by atoms with van der Waals surface area (Å²) in [6, 6.07) is 8.66. The van der Waals surface area contributed by atoms with Gasteiger partial charge in [-0.05, 0) is 42.4 Å². The predicted octanol–water partition coefficient (Wildman–Crippen LogP) is 4.33. The fraction of sp³-hybridized carbons (Fsp3) is 0.538. The van der Waals surface area contributed by atoms with Crippen molar-refractivity contribution in [1.82, 2.24) is 0 Å². The smallest absolute Gasteiger partial charge is 0.0187 e. The zero-order valence-corrected chi connectivity index (χ0v) is 11.1. The van der Waals surface area contributed by atoms with E-state index in [0.717, 1.165) is 11.5 Å². The molecule has 0 saturated carbocycles. The molecular weight excluding hydrogens is 220 g/mol. The van der Waals surface area contributed by atoms with Crippen molar-refractivity contribution in [3.8, 4) is 0 Å². The van der Waals surface area contributed by atoms with E-state index in [1.165, 1.54) is 36.1 Å². The van der Waals surface area contributed by atoms with Crippen molar-refractivity contribution >= 4 is 24.4 Å². The first kappa shape index (κ1) is 13.0. The van der Waals surface area contributed by atoms with Gasteiger partial charge >= 0.3 is 0 Å². The minimum atomic E-state index is 1.03. The third-order valence-corrected chi connectivity index (χ3v) is 3.87. The molecular formula is C13H20S2. The molecule has 1 rings (SSSR count). The Kier molecular flexibility index (Phi) is 7.03. The normalized spacial score (nSPS) is 10.5. The van der Waals surface area contributed by atoms with E-state index in [2.05, 4.69) is 43.8 Å². The largest absolute Gasteiger partial charge is 0.179 e. The zero-order chi connectivity index (χ0) is 10.9. The maximum atomic E-state index is 4.21. The molecule has 0 aromatic heterocycles. The summed E-state index contributed by atoms with van der Waals surface area (Å²) in [6.45, 7) is 2.19. The van der Waals surface area contributed by atoms with E-state index in [1.807, 2.05) is 11.8 Å². The molecule has 0 radical (unpaired) electrons. The Bertz CT molecular complexity index is 271. The van der Waals surface area contributed by atoms with Crippen LogP contribution in [0.1, 0.15) is 30.4 Å². The summed E-state index contributed by atoms with van der Waals surface area (Å²) < 4.78 is 0. The predicted molar refractivity (Wildman–Crippen MR) is 75.0 cm³/mol. The highest BCUT2D eigenvalue weighted by molar-refractivity contribution is 7.98. The van der Waals surface area contributed by atoms with Crippen LogP contribution >= 0.6 is 24.4 Å². The monoisotopic (exact) mass is 240 g/mol. The summed E-state index contributed by atoms with van der Waals surface area (Å²) in [6.07, 6.45) is 3.91. The average Bonchev–Trinajstić information content (AvgIpc) is 2.25. The van der Waals surface area contributed by atoms with Crippen molar-refractivity contribution in [2.45, 2.75) is 31.9 Å². The first-order chi connectivity index (χ1) is 7.34. The van der Waals surface area contributed by atoms with Gasteiger partial charge in [-0.3, -0.25) is 0 Å². The van der Waals surface area contributed by atoms with Crippen LogP contribution in [0.2, 0.25) is 0 Å². The van der Waals surface area contributed by atoms with Crippen LogP contribution in [-0.2, 0) is 5.75 Å². The Balaban J connectivity index is 2.12. The molecule has 1 aromatic rings. The van der Waals surface area contributed by atoms with Gasteiger partial charge in [0.25, 0.3) is 0 Å². The molecule has 0 aliphatic carbocycles. The number of unbranched alkanes of at least 4 members (excludes halogenated alkanes) is 2. The number of benzene rings is 1. The molecule has 2 heteroatoms. The van der Waals surface area contributed by atoms with Crippen molar-refractivity contribution in [2.75, 3.05) is 11.5 Å². The Morgan fingerprint density at radius 1 is 1.13 bits per heavy atom. The summed E-state index contributed by atoms with van der Waals surface area (Å²) in [4.78, 5) is 0. The van der Waals surface area contributed by atoms with E-state index in [4.69, 9.17) is 0 Å². The summed E-state index contributed by atoms with van der Waals surface area (Å²) in [5, 5.41) is 0. The Morgan fingerprint density at radius 3 is 2.67 bits per heavy atom. The van der Waals surface area contributed by atoms with Crippen LogP contribution in [0.15, 0.2) is 24.3 Å². The molecule has 0 heterocycles. The maximum absolute atomic E-state index is 4.21. The standard InChI is InChI=1S/C13H20S2/c1-12-7-3-4-8-13(12)11-15-10-6-2-5-9-14/h3-4,7-8,14H,2,5-6,9-11H2,1H3. The number of aryl methyl sites for hydroxylation is 1. The van der Waals surface area contributed by atoms with Gasteiger partial charge in [0.1, 0.15) is 0 Å². The maximum Gasteiger partial charge on any atom is 0.0187 e. The van der Waals surface area contributed by atoms with Crippen LogP contribution in [-0.4, -0.2) is 11.5 Å². The minimum Gasteiger partial charge on any atom is -0.179 e. The lowest BCUT2D eigenvalue weighted by Gasteiger charge is -2.04. The first-order valence-electron chi connectivity index (χ1n) is 5.57. The van der Waals surface area contributed by atoms with Gasteiger partial charge in [-0.1, -0.05) is 30.7 Å². The second kappa shape index (κ2) is 8.12. The van der Waals surface area contributed by atoms with Crippen molar-refractivity contribution in [3.05, 3.63) is 35.4 Å². The Morgan fingerprint density at radius 2 is 1.93 bits per heavy atom. The highest BCUT2D eigenvalue weighted by atomic mass is 32.2. The number of hydrogen-bond acceptors (Lipinski definition) is 2. The van der Waals surface area contributed by atoms with Gasteiger partial charge in [-0.25, -0.2) is 0 Å². The molecule has 0 spiro atoms. The highest BCUT2D eigenvalue weighted by Crippen LogP contribution is 2.17. The first-order valence-corrected chi connectivity index (χ1v) is 7.36. The summed E-state index contributed by atoms with van der Waals surface area (Å²) in [7, 11) is 0. The van der Waals surface area contributed by atoms with Gasteiger partial charge in [-0.2, -0.15) is 24.4 Å². The fourth-order valence-corrected chi connectivity index (χ4v) is 2.77. The fourth-order valence-electron chi connectivity index (χ4n) is 1.45. The van der Waals surface area contributed by atoms with E-state index >= 15 is 0 Å². The number of rotatable bonds is 7. The molecule has 0 saturated heterocycles. The topological polar surface area (TPSA) is 0 Å². The molecule has 0 aliphatic heterocycles. The van der Waals surface area contributed by atoms with Gasteiger partial charge in [0.15, 0.2) is 0 Å². The molecule has 15 heavy (non-hydrogen) atoms. The molecule has 1 aromatic carbocycles. The summed E-state index contributed by atoms with van der Waals surface area (Å²) >= 11 is 6.26. The molecule has 0 nitrogen and oxygen atoms in total. The summed E-state index contributed by atoms with van der Waals surface area (Å²) in [5.74, 6) is 3.47. The van der Waals surface area contributed by atoms with E-state index in [1.54, 1.807) is 0 Å². The molecule has 0 N–H and O–H groups in total. The molecule has 0 atom stereocenters. The van der Waals surface area contributed by atoms with Crippen LogP contribution in [0.25, 0.3) is 0 Å². The molecule has 84 valence electrons. The SMILES string of the molecule is Cc1ccccc1CSCCCCCS. The van der Waals surface area contributed by atoms with Gasteiger partial charge < -0.3 is 0 Å². The summed E-state index contributed by atoms with van der Waals surface area (Å²) in [5.41, 5.74) is 2.90. The zero-order valence-electron chi connectivity index (χ0n) is 9.41. The van der Waals surface area contributed by atoms with Gasteiger partial charge in [0.05, 0.1) is 0 Å². The van der Waals surface area contributed by atoms with Crippen LogP contribution in [0.4, 0.5) is 0 Å². The van der Waals surface area contributed by atoms with Crippen molar-refractivity contribution in [3.63, 3.8) is 0 Å². The van der Waals surface area contributed by atoms with Gasteiger partial charge in [-0.15, -0.1) is 0 Å². The van der Waals surface area contributed by atoms with E-state index in [9.17, 15) is 0 Å². The van der Waals surface area contributed by atoms with Crippen molar-refractivity contribution in [1.29, 1.82) is 0 Å². The average molecular weight is 240 g/mol. The lowest BCUT2D eigenvalue weighted by atomic mass is 10.1. The molecule has 0 aliphatic rings. The quantitative estimate of drug-likeness (QED) is 0.547. The third kappa shape index (κ3) is 5.53. The Hall–Kier alpha value is -0.0800. The van der Waals surface area contributed by atoms with E-state index < -0.39 is 0 Å². The molecule has 0 bridgehead atoms. The van der Waals surface area contributed by atoms with Crippen LogP contribution in [0.5, 0.6) is 0 Å². The molecule has 0 amide bonds. The Labute approximate surface area is 103 Å².